The van der Waals surface area contributed by atoms with E-state index in [2.05, 4.69) is 25.1 Å². The quantitative estimate of drug-likeness (QED) is 0.856. The third-order valence-electron chi connectivity index (χ3n) is 4.41. The number of likely N-dealkylation sites (N-methyl/N-ethyl adjacent to an activating group) is 1. The van der Waals surface area contributed by atoms with Gasteiger partial charge >= 0.3 is 0 Å². The monoisotopic (exact) mass is 305 g/mol. The first-order valence-electron chi connectivity index (χ1n) is 7.85. The molecule has 1 amide bonds. The van der Waals surface area contributed by atoms with Gasteiger partial charge < -0.3 is 9.64 Å². The van der Waals surface area contributed by atoms with Crippen molar-refractivity contribution in [2.24, 2.45) is 5.92 Å². The van der Waals surface area contributed by atoms with Gasteiger partial charge in [0.25, 0.3) is 0 Å². The molecule has 0 aromatic heterocycles. The second kappa shape index (κ2) is 6.84. The van der Waals surface area contributed by atoms with Crippen molar-refractivity contribution in [2.75, 3.05) is 32.1 Å². The van der Waals surface area contributed by atoms with E-state index in [1.807, 2.05) is 11.0 Å². The molecule has 114 valence electrons. The van der Waals surface area contributed by atoms with Crippen LogP contribution in [0.25, 0.3) is 0 Å². The van der Waals surface area contributed by atoms with Crippen molar-refractivity contribution < 1.29 is 9.53 Å². The molecule has 2 heterocycles. The molecule has 3 nitrogen and oxygen atoms in total. The Morgan fingerprint density at radius 2 is 2.29 bits per heavy atom. The van der Waals surface area contributed by atoms with Gasteiger partial charge in [-0.3, -0.25) is 4.79 Å². The molecule has 0 spiro atoms. The van der Waals surface area contributed by atoms with Gasteiger partial charge in [0, 0.05) is 25.6 Å². The van der Waals surface area contributed by atoms with Crippen LogP contribution in [0.4, 0.5) is 0 Å². The second-order valence-electron chi connectivity index (χ2n) is 5.81. The van der Waals surface area contributed by atoms with Crippen LogP contribution in [0.2, 0.25) is 0 Å². The molecular weight excluding hydrogens is 282 g/mol. The van der Waals surface area contributed by atoms with Crippen molar-refractivity contribution in [3.05, 3.63) is 35.4 Å². The first-order chi connectivity index (χ1) is 10.3. The van der Waals surface area contributed by atoms with Crippen LogP contribution in [0.1, 0.15) is 29.7 Å². The van der Waals surface area contributed by atoms with Gasteiger partial charge in [0.2, 0.25) is 5.91 Å². The molecule has 1 saturated heterocycles. The number of rotatable bonds is 4. The molecule has 0 bridgehead atoms. The first kappa shape index (κ1) is 14.9. The average molecular weight is 305 g/mol. The normalized spacial score (nSPS) is 24.6. The molecular formula is C17H23NO2S. The predicted octanol–water partition coefficient (Wildman–Crippen LogP) is 2.90. The zero-order chi connectivity index (χ0) is 14.7. The molecule has 21 heavy (non-hydrogen) atoms. The van der Waals surface area contributed by atoms with Gasteiger partial charge in [0.05, 0.1) is 6.61 Å². The number of amides is 1. The Bertz CT molecular complexity index is 499. The van der Waals surface area contributed by atoms with Gasteiger partial charge in [0.1, 0.15) is 5.25 Å². The minimum atomic E-state index is -0.0165. The topological polar surface area (TPSA) is 29.5 Å². The van der Waals surface area contributed by atoms with Crippen LogP contribution in [-0.2, 0) is 16.0 Å². The molecule has 0 saturated carbocycles. The zero-order valence-electron chi connectivity index (χ0n) is 12.6. The third kappa shape index (κ3) is 3.27. The number of ether oxygens (including phenoxy) is 1. The molecule has 1 aromatic rings. The Morgan fingerprint density at radius 1 is 1.43 bits per heavy atom. The van der Waals surface area contributed by atoms with Gasteiger partial charge in [-0.05, 0) is 36.6 Å². The van der Waals surface area contributed by atoms with Gasteiger partial charge in [-0.2, -0.15) is 0 Å². The summed E-state index contributed by atoms with van der Waals surface area (Å²) >= 11 is 1.79. The fourth-order valence-corrected chi connectivity index (χ4v) is 4.45. The summed E-state index contributed by atoms with van der Waals surface area (Å²) in [5.74, 6) is 1.83. The summed E-state index contributed by atoms with van der Waals surface area (Å²) in [6.07, 6.45) is 2.16. The molecule has 1 fully saturated rings. The second-order valence-corrected chi connectivity index (χ2v) is 7.02. The van der Waals surface area contributed by atoms with E-state index in [1.165, 1.54) is 11.1 Å². The van der Waals surface area contributed by atoms with Crippen LogP contribution in [0.5, 0.6) is 0 Å². The molecule has 4 heteroatoms. The molecule has 2 aliphatic heterocycles. The Hall–Kier alpha value is -1.00. The average Bonchev–Trinajstić information content (AvgIpc) is 3.04. The number of carbonyl (C=O) groups is 1. The number of fused-ring (bicyclic) bond motifs is 1. The first-order valence-corrected chi connectivity index (χ1v) is 8.90. The maximum absolute atomic E-state index is 12.9. The van der Waals surface area contributed by atoms with E-state index in [0.717, 1.165) is 44.9 Å². The Kier molecular flexibility index (Phi) is 4.86. The number of hydrogen-bond donors (Lipinski definition) is 0. The smallest absolute Gasteiger partial charge is 0.240 e. The van der Waals surface area contributed by atoms with Crippen LogP contribution in [0, 0.1) is 5.92 Å². The summed E-state index contributed by atoms with van der Waals surface area (Å²) in [5, 5.41) is -0.0165. The highest BCUT2D eigenvalue weighted by molar-refractivity contribution is 8.00. The molecule has 3 rings (SSSR count). The van der Waals surface area contributed by atoms with E-state index >= 15 is 0 Å². The summed E-state index contributed by atoms with van der Waals surface area (Å²) in [5.41, 5.74) is 2.56. The predicted molar refractivity (Wildman–Crippen MR) is 86.5 cm³/mol. The van der Waals surface area contributed by atoms with E-state index in [-0.39, 0.29) is 11.2 Å². The molecule has 2 aliphatic rings. The number of aryl methyl sites for hydroxylation is 1. The lowest BCUT2D eigenvalue weighted by Crippen LogP contribution is -2.38. The Balaban J connectivity index is 1.74. The summed E-state index contributed by atoms with van der Waals surface area (Å²) in [7, 11) is 0. The molecule has 0 N–H and O–H groups in total. The van der Waals surface area contributed by atoms with E-state index < -0.39 is 0 Å². The molecule has 0 aliphatic carbocycles. The maximum atomic E-state index is 12.9. The lowest BCUT2D eigenvalue weighted by atomic mass is 10.0. The minimum Gasteiger partial charge on any atom is -0.381 e. The summed E-state index contributed by atoms with van der Waals surface area (Å²) in [6.45, 7) is 5.35. The molecule has 1 aromatic carbocycles. The van der Waals surface area contributed by atoms with E-state index in [0.29, 0.717) is 5.92 Å². The van der Waals surface area contributed by atoms with Crippen LogP contribution in [0.15, 0.2) is 24.3 Å². The SMILES string of the molecule is CCN(C[C@H]1CCOC1)C(=O)[C@@H]1SCCc2ccccc21. The van der Waals surface area contributed by atoms with Crippen molar-refractivity contribution in [1.29, 1.82) is 0 Å². The largest absolute Gasteiger partial charge is 0.381 e. The van der Waals surface area contributed by atoms with Crippen molar-refractivity contribution in [3.63, 3.8) is 0 Å². The summed E-state index contributed by atoms with van der Waals surface area (Å²) < 4.78 is 5.44. The number of benzene rings is 1. The molecule has 0 radical (unpaired) electrons. The number of nitrogens with zero attached hydrogens (tertiary/aromatic N) is 1. The van der Waals surface area contributed by atoms with Crippen molar-refractivity contribution in [2.45, 2.75) is 25.0 Å². The van der Waals surface area contributed by atoms with E-state index in [9.17, 15) is 4.79 Å². The minimum absolute atomic E-state index is 0.0165. The fourth-order valence-electron chi connectivity index (χ4n) is 3.18. The van der Waals surface area contributed by atoms with Crippen LogP contribution < -0.4 is 0 Å². The van der Waals surface area contributed by atoms with Crippen LogP contribution >= 0.6 is 11.8 Å². The van der Waals surface area contributed by atoms with Crippen molar-refractivity contribution in [1.82, 2.24) is 4.90 Å². The Labute approximate surface area is 131 Å². The maximum Gasteiger partial charge on any atom is 0.240 e. The van der Waals surface area contributed by atoms with Gasteiger partial charge in [-0.1, -0.05) is 24.3 Å². The summed E-state index contributed by atoms with van der Waals surface area (Å²) in [6, 6.07) is 8.41. The number of hydrogen-bond acceptors (Lipinski definition) is 3. The zero-order valence-corrected chi connectivity index (χ0v) is 13.4. The third-order valence-corrected chi connectivity index (χ3v) is 5.64. The fraction of sp³-hybridized carbons (Fsp3) is 0.588. The highest BCUT2D eigenvalue weighted by Gasteiger charge is 2.31. The standard InChI is InChI=1S/C17H23NO2S/c1-2-18(11-13-7-9-20-12-13)17(19)16-15-6-4-3-5-14(15)8-10-21-16/h3-6,13,16H,2,7-12H2,1H3/t13-,16-/m1/s1. The summed E-state index contributed by atoms with van der Waals surface area (Å²) in [4.78, 5) is 15.0. The molecule has 2 atom stereocenters. The van der Waals surface area contributed by atoms with Crippen LogP contribution in [0.3, 0.4) is 0 Å². The van der Waals surface area contributed by atoms with E-state index in [1.54, 1.807) is 11.8 Å². The van der Waals surface area contributed by atoms with E-state index in [4.69, 9.17) is 4.74 Å². The van der Waals surface area contributed by atoms with Crippen molar-refractivity contribution in [3.8, 4) is 0 Å². The Morgan fingerprint density at radius 3 is 3.05 bits per heavy atom. The lowest BCUT2D eigenvalue weighted by molar-refractivity contribution is -0.131. The van der Waals surface area contributed by atoms with Crippen LogP contribution in [-0.4, -0.2) is 42.9 Å². The number of carbonyl (C=O) groups excluding carboxylic acids is 1. The molecule has 0 unspecified atom stereocenters. The highest BCUT2D eigenvalue weighted by Crippen LogP contribution is 2.38. The van der Waals surface area contributed by atoms with Crippen molar-refractivity contribution >= 4 is 17.7 Å². The highest BCUT2D eigenvalue weighted by atomic mass is 32.2. The van der Waals surface area contributed by atoms with Gasteiger partial charge in [-0.25, -0.2) is 0 Å². The number of thioether (sulfide) groups is 1. The lowest BCUT2D eigenvalue weighted by Gasteiger charge is -2.31. The van der Waals surface area contributed by atoms with Gasteiger partial charge in [-0.15, -0.1) is 11.8 Å². The van der Waals surface area contributed by atoms with Gasteiger partial charge in [0.15, 0.2) is 0 Å².